The molecule has 0 aliphatic rings. The molecule has 29 heavy (non-hydrogen) atoms. The second-order valence-electron chi connectivity index (χ2n) is 7.13. The second kappa shape index (κ2) is 7.79. The monoisotopic (exact) mass is 389 g/mol. The van der Waals surface area contributed by atoms with E-state index in [0.717, 1.165) is 17.5 Å². The molecular formula is C22H23N5O2. The number of hydrogen-bond acceptors (Lipinski definition) is 4. The summed E-state index contributed by atoms with van der Waals surface area (Å²) >= 11 is 0. The number of hydrogen-bond donors (Lipinski definition) is 1. The van der Waals surface area contributed by atoms with Crippen molar-refractivity contribution in [2.75, 3.05) is 18.5 Å². The summed E-state index contributed by atoms with van der Waals surface area (Å²) in [5.74, 6) is 0.497. The maximum absolute atomic E-state index is 12.7. The fraction of sp³-hybridized carbons (Fsp3) is 0.227. The smallest absolute Gasteiger partial charge is 0.329 e. The quantitative estimate of drug-likeness (QED) is 0.548. The lowest BCUT2D eigenvalue weighted by Crippen LogP contribution is -2.27. The van der Waals surface area contributed by atoms with Gasteiger partial charge in [0, 0.05) is 26.7 Å². The van der Waals surface area contributed by atoms with Crippen LogP contribution in [0, 0.1) is 0 Å². The van der Waals surface area contributed by atoms with E-state index in [-0.39, 0.29) is 17.8 Å². The summed E-state index contributed by atoms with van der Waals surface area (Å²) < 4.78 is 3.25. The first-order chi connectivity index (χ1) is 14.0. The summed E-state index contributed by atoms with van der Waals surface area (Å²) in [4.78, 5) is 34.2. The van der Waals surface area contributed by atoms with Gasteiger partial charge in [0.25, 0.3) is 5.56 Å². The highest BCUT2D eigenvalue weighted by Crippen LogP contribution is 2.13. The summed E-state index contributed by atoms with van der Waals surface area (Å²) in [5.41, 5.74) is 3.08. The van der Waals surface area contributed by atoms with Gasteiger partial charge in [-0.3, -0.25) is 18.9 Å². The van der Waals surface area contributed by atoms with E-state index in [1.165, 1.54) is 11.6 Å². The van der Waals surface area contributed by atoms with Gasteiger partial charge in [-0.15, -0.1) is 0 Å². The second-order valence-corrected chi connectivity index (χ2v) is 7.13. The van der Waals surface area contributed by atoms with E-state index in [9.17, 15) is 9.59 Å². The predicted octanol–water partition coefficient (Wildman–Crippen LogP) is 2.15. The minimum atomic E-state index is -0.232. The molecule has 0 radical (unpaired) electrons. The maximum Gasteiger partial charge on any atom is 0.329 e. The largest absolute Gasteiger partial charge is 0.345 e. The zero-order valence-electron chi connectivity index (χ0n) is 16.5. The number of benzene rings is 2. The van der Waals surface area contributed by atoms with Crippen molar-refractivity contribution in [3.63, 3.8) is 0 Å². The molecule has 148 valence electrons. The lowest BCUT2D eigenvalue weighted by molar-refractivity contribution is 0.714. The van der Waals surface area contributed by atoms with Gasteiger partial charge in [-0.1, -0.05) is 42.5 Å². The van der Waals surface area contributed by atoms with Crippen molar-refractivity contribution in [1.82, 2.24) is 19.1 Å². The number of aryl methyl sites for hydroxylation is 1. The Balaban J connectivity index is 1.60. The Hall–Kier alpha value is -3.61. The highest BCUT2D eigenvalue weighted by Gasteiger charge is 2.13. The van der Waals surface area contributed by atoms with Crippen molar-refractivity contribution in [1.29, 1.82) is 0 Å². The number of aromatic amines is 1. The molecule has 0 amide bonds. The molecule has 4 rings (SSSR count). The molecule has 7 heteroatoms. The lowest BCUT2D eigenvalue weighted by Gasteiger charge is -2.18. The Morgan fingerprint density at radius 2 is 1.69 bits per heavy atom. The molecule has 0 atom stereocenters. The van der Waals surface area contributed by atoms with E-state index in [1.807, 2.05) is 54.4 Å². The summed E-state index contributed by atoms with van der Waals surface area (Å²) in [6, 6.07) is 19.2. The molecule has 0 aliphatic heterocycles. The van der Waals surface area contributed by atoms with Gasteiger partial charge in [-0.25, -0.2) is 9.78 Å². The molecule has 0 unspecified atom stereocenters. The average molecular weight is 389 g/mol. The van der Waals surface area contributed by atoms with E-state index in [0.29, 0.717) is 18.2 Å². The first kappa shape index (κ1) is 18.7. The van der Waals surface area contributed by atoms with Gasteiger partial charge < -0.3 is 4.90 Å². The molecule has 2 heterocycles. The van der Waals surface area contributed by atoms with Crippen LogP contribution in [-0.4, -0.2) is 32.7 Å². The Morgan fingerprint density at radius 1 is 1.00 bits per heavy atom. The average Bonchev–Trinajstić information content (AvgIpc) is 2.97. The van der Waals surface area contributed by atoms with Gasteiger partial charge >= 0.3 is 5.69 Å². The number of likely N-dealkylation sites (N-methyl/N-ethyl adjacent to an activating group) is 1. The highest BCUT2D eigenvalue weighted by atomic mass is 16.1. The van der Waals surface area contributed by atoms with Gasteiger partial charge in [-0.05, 0) is 24.1 Å². The zero-order valence-corrected chi connectivity index (χ0v) is 16.5. The number of anilines is 1. The van der Waals surface area contributed by atoms with Crippen LogP contribution < -0.4 is 16.1 Å². The molecule has 2 aromatic heterocycles. The van der Waals surface area contributed by atoms with Crippen molar-refractivity contribution in [2.24, 2.45) is 7.05 Å². The number of aromatic nitrogens is 4. The lowest BCUT2D eigenvalue weighted by atomic mass is 10.1. The summed E-state index contributed by atoms with van der Waals surface area (Å²) in [5, 5.41) is 0. The summed E-state index contributed by atoms with van der Waals surface area (Å²) in [6.45, 7) is 0.953. The third-order valence-corrected chi connectivity index (χ3v) is 5.09. The van der Waals surface area contributed by atoms with Gasteiger partial charge in [0.2, 0.25) is 5.95 Å². The van der Waals surface area contributed by atoms with Crippen molar-refractivity contribution in [2.45, 2.75) is 13.0 Å². The molecule has 0 fully saturated rings. The summed E-state index contributed by atoms with van der Waals surface area (Å²) in [7, 11) is 3.64. The SMILES string of the molecule is CN(CCc1ccccc1)c1nc(Cn2c(=O)n(C)c3ccccc32)cc(=O)[nH]1. The molecule has 0 aliphatic carbocycles. The minimum absolute atomic E-state index is 0.132. The van der Waals surface area contributed by atoms with Gasteiger partial charge in [0.05, 0.1) is 23.3 Å². The zero-order chi connectivity index (χ0) is 20.4. The predicted molar refractivity (Wildman–Crippen MR) is 115 cm³/mol. The number of fused-ring (bicyclic) bond motifs is 1. The number of rotatable bonds is 6. The van der Waals surface area contributed by atoms with Crippen molar-refractivity contribution in [3.8, 4) is 0 Å². The third-order valence-electron chi connectivity index (χ3n) is 5.09. The van der Waals surface area contributed by atoms with Crippen molar-refractivity contribution < 1.29 is 0 Å². The fourth-order valence-electron chi connectivity index (χ4n) is 3.48. The number of H-pyrrole nitrogens is 1. The molecule has 1 N–H and O–H groups in total. The van der Waals surface area contributed by atoms with Crippen LogP contribution in [0.2, 0.25) is 0 Å². The van der Waals surface area contributed by atoms with Gasteiger partial charge in [0.1, 0.15) is 0 Å². The van der Waals surface area contributed by atoms with Crippen LogP contribution in [0.15, 0.2) is 70.3 Å². The van der Waals surface area contributed by atoms with Crippen molar-refractivity contribution in [3.05, 3.63) is 92.8 Å². The molecule has 0 bridgehead atoms. The molecule has 0 saturated carbocycles. The number of nitrogens with zero attached hydrogens (tertiary/aromatic N) is 4. The first-order valence-corrected chi connectivity index (χ1v) is 9.52. The summed E-state index contributed by atoms with van der Waals surface area (Å²) in [6.07, 6.45) is 0.841. The van der Waals surface area contributed by atoms with Crippen molar-refractivity contribution >= 4 is 17.0 Å². The molecular weight excluding hydrogens is 366 g/mol. The molecule has 7 nitrogen and oxygen atoms in total. The van der Waals surface area contributed by atoms with E-state index in [2.05, 4.69) is 22.1 Å². The van der Waals surface area contributed by atoms with Gasteiger partial charge in [0.15, 0.2) is 0 Å². The van der Waals surface area contributed by atoms with E-state index >= 15 is 0 Å². The van der Waals surface area contributed by atoms with Crippen LogP contribution in [0.4, 0.5) is 5.95 Å². The highest BCUT2D eigenvalue weighted by molar-refractivity contribution is 5.75. The van der Waals surface area contributed by atoms with E-state index in [4.69, 9.17) is 0 Å². The van der Waals surface area contributed by atoms with Crippen LogP contribution in [0.1, 0.15) is 11.3 Å². The normalized spacial score (nSPS) is 11.1. The van der Waals surface area contributed by atoms with Crippen LogP contribution in [-0.2, 0) is 20.0 Å². The third kappa shape index (κ3) is 3.85. The van der Waals surface area contributed by atoms with Crippen LogP contribution in [0.25, 0.3) is 11.0 Å². The molecule has 4 aromatic rings. The van der Waals surface area contributed by atoms with Crippen LogP contribution in [0.3, 0.4) is 0 Å². The maximum atomic E-state index is 12.7. The first-order valence-electron chi connectivity index (χ1n) is 9.52. The van der Waals surface area contributed by atoms with E-state index in [1.54, 1.807) is 16.2 Å². The Kier molecular flexibility index (Phi) is 5.03. The van der Waals surface area contributed by atoms with E-state index < -0.39 is 0 Å². The Labute approximate surface area is 167 Å². The number of para-hydroxylation sites is 2. The van der Waals surface area contributed by atoms with Crippen LogP contribution in [0.5, 0.6) is 0 Å². The number of imidazole rings is 1. The molecule has 0 spiro atoms. The molecule has 0 saturated heterocycles. The van der Waals surface area contributed by atoms with Gasteiger partial charge in [-0.2, -0.15) is 0 Å². The molecule has 2 aromatic carbocycles. The Bertz CT molecular complexity index is 1250. The van der Waals surface area contributed by atoms with Crippen LogP contribution >= 0.6 is 0 Å². The standard InChI is InChI=1S/C22H23N5O2/c1-25(13-12-16-8-4-3-5-9-16)21-23-17(14-20(28)24-21)15-27-19-11-7-6-10-18(19)26(2)22(27)29/h3-11,14H,12-13,15H2,1-2H3,(H,23,24,28). The Morgan fingerprint density at radius 3 is 2.45 bits per heavy atom. The fourth-order valence-corrected chi connectivity index (χ4v) is 3.48. The number of nitrogens with one attached hydrogen (secondary N) is 1. The minimum Gasteiger partial charge on any atom is -0.345 e. The topological polar surface area (TPSA) is 75.9 Å².